The van der Waals surface area contributed by atoms with Gasteiger partial charge in [0.2, 0.25) is 5.91 Å². The molecule has 3 fully saturated rings. The molecule has 134 valence electrons. The summed E-state index contributed by atoms with van der Waals surface area (Å²) in [5.41, 5.74) is 0. The van der Waals surface area contributed by atoms with Crippen molar-refractivity contribution < 1.29 is 4.79 Å². The number of halogens is 1. The second-order valence-electron chi connectivity index (χ2n) is 7.13. The van der Waals surface area contributed by atoms with Crippen molar-refractivity contribution in [1.29, 1.82) is 0 Å². The zero-order valence-electron chi connectivity index (χ0n) is 14.5. The molecule has 1 N–H and O–H groups in total. The van der Waals surface area contributed by atoms with Crippen molar-refractivity contribution in [1.82, 2.24) is 20.0 Å². The van der Waals surface area contributed by atoms with E-state index in [2.05, 4.69) is 26.9 Å². The van der Waals surface area contributed by atoms with E-state index in [9.17, 15) is 4.79 Å². The van der Waals surface area contributed by atoms with Gasteiger partial charge in [-0.15, -0.1) is 12.4 Å². The van der Waals surface area contributed by atoms with E-state index in [-0.39, 0.29) is 18.4 Å². The normalized spacial score (nSPS) is 28.9. The molecule has 23 heavy (non-hydrogen) atoms. The average molecular weight is 345 g/mol. The Hall–Kier alpha value is -0.360. The first-order valence-corrected chi connectivity index (χ1v) is 9.23. The van der Waals surface area contributed by atoms with Crippen molar-refractivity contribution in [3.8, 4) is 0 Å². The molecule has 2 atom stereocenters. The number of hydrogen-bond donors (Lipinski definition) is 1. The maximum absolute atomic E-state index is 12.7. The first kappa shape index (κ1) is 19.0. The smallest absolute Gasteiger partial charge is 0.239 e. The number of likely N-dealkylation sites (tertiary alicyclic amines) is 1. The van der Waals surface area contributed by atoms with Gasteiger partial charge in [0.25, 0.3) is 0 Å². The largest absolute Gasteiger partial charge is 0.341 e. The third-order valence-electron chi connectivity index (χ3n) is 5.72. The highest BCUT2D eigenvalue weighted by molar-refractivity contribution is 5.85. The lowest BCUT2D eigenvalue weighted by atomic mass is 10.1. The SMILES string of the molecule is CC(C(=O)N1CCCCCC1)N1CCN(C2CCNC2)CC1.Cl. The zero-order chi connectivity index (χ0) is 15.4. The van der Waals surface area contributed by atoms with Crippen molar-refractivity contribution in [3.63, 3.8) is 0 Å². The first-order chi connectivity index (χ1) is 10.8. The van der Waals surface area contributed by atoms with Gasteiger partial charge in [0, 0.05) is 51.9 Å². The van der Waals surface area contributed by atoms with E-state index in [4.69, 9.17) is 0 Å². The summed E-state index contributed by atoms with van der Waals surface area (Å²) in [5, 5.41) is 3.45. The lowest BCUT2D eigenvalue weighted by molar-refractivity contribution is -0.137. The Morgan fingerprint density at radius 3 is 2.22 bits per heavy atom. The Kier molecular flexibility index (Phi) is 7.60. The van der Waals surface area contributed by atoms with Gasteiger partial charge in [-0.3, -0.25) is 14.6 Å². The second kappa shape index (κ2) is 9.21. The summed E-state index contributed by atoms with van der Waals surface area (Å²) < 4.78 is 0. The van der Waals surface area contributed by atoms with Crippen LogP contribution in [-0.4, -0.2) is 85.0 Å². The van der Waals surface area contributed by atoms with Gasteiger partial charge < -0.3 is 10.2 Å². The van der Waals surface area contributed by atoms with Gasteiger partial charge in [-0.2, -0.15) is 0 Å². The van der Waals surface area contributed by atoms with Crippen LogP contribution in [0.1, 0.15) is 39.0 Å². The van der Waals surface area contributed by atoms with Crippen LogP contribution in [0.2, 0.25) is 0 Å². The molecule has 6 heteroatoms. The highest BCUT2D eigenvalue weighted by Gasteiger charge is 2.31. The predicted octanol–water partition coefficient (Wildman–Crippen LogP) is 1.18. The highest BCUT2D eigenvalue weighted by atomic mass is 35.5. The molecule has 0 aromatic heterocycles. The van der Waals surface area contributed by atoms with E-state index in [0.717, 1.165) is 58.4 Å². The van der Waals surface area contributed by atoms with Gasteiger partial charge in [-0.25, -0.2) is 0 Å². The minimum atomic E-state index is 0. The van der Waals surface area contributed by atoms with Crippen LogP contribution in [0.5, 0.6) is 0 Å². The molecule has 3 heterocycles. The fourth-order valence-corrected chi connectivity index (χ4v) is 4.15. The summed E-state index contributed by atoms with van der Waals surface area (Å²) in [6, 6.07) is 0.778. The average Bonchev–Trinajstić information content (AvgIpc) is 2.96. The number of amides is 1. The number of carbonyl (C=O) groups is 1. The summed E-state index contributed by atoms with van der Waals surface area (Å²) in [7, 11) is 0. The number of hydrogen-bond acceptors (Lipinski definition) is 4. The van der Waals surface area contributed by atoms with Crippen LogP contribution in [-0.2, 0) is 4.79 Å². The van der Waals surface area contributed by atoms with Crippen molar-refractivity contribution in [2.45, 2.75) is 51.1 Å². The molecular formula is C17H33ClN4O. The van der Waals surface area contributed by atoms with Gasteiger partial charge in [-0.05, 0) is 32.7 Å². The Morgan fingerprint density at radius 1 is 1.00 bits per heavy atom. The van der Waals surface area contributed by atoms with Crippen LogP contribution >= 0.6 is 12.4 Å². The third kappa shape index (κ3) is 4.81. The number of carbonyl (C=O) groups excluding carboxylic acids is 1. The number of rotatable bonds is 3. The van der Waals surface area contributed by atoms with E-state index >= 15 is 0 Å². The van der Waals surface area contributed by atoms with Gasteiger partial charge in [0.05, 0.1) is 6.04 Å². The van der Waals surface area contributed by atoms with Crippen molar-refractivity contribution in [3.05, 3.63) is 0 Å². The molecule has 1 amide bonds. The van der Waals surface area contributed by atoms with E-state index in [0.29, 0.717) is 5.91 Å². The van der Waals surface area contributed by atoms with Crippen molar-refractivity contribution in [2.75, 3.05) is 52.4 Å². The summed E-state index contributed by atoms with van der Waals surface area (Å²) in [5.74, 6) is 0.359. The Morgan fingerprint density at radius 2 is 1.65 bits per heavy atom. The molecule has 0 aromatic carbocycles. The molecule has 3 aliphatic heterocycles. The maximum atomic E-state index is 12.7. The summed E-state index contributed by atoms with van der Waals surface area (Å²) >= 11 is 0. The first-order valence-electron chi connectivity index (χ1n) is 9.23. The third-order valence-corrected chi connectivity index (χ3v) is 5.72. The molecule has 3 rings (SSSR count). The molecule has 0 spiro atoms. The standard InChI is InChI=1S/C17H32N4O.ClH/c1-15(17(22)21-8-4-2-3-5-9-21)19-10-12-20(13-11-19)16-6-7-18-14-16;/h15-16,18H,2-14H2,1H3;1H. The Labute approximate surface area is 147 Å². The molecule has 0 bridgehead atoms. The van der Waals surface area contributed by atoms with Gasteiger partial charge in [0.1, 0.15) is 0 Å². The molecule has 0 aromatic rings. The molecule has 0 radical (unpaired) electrons. The van der Waals surface area contributed by atoms with E-state index in [1.165, 1.54) is 32.1 Å². The van der Waals surface area contributed by atoms with E-state index in [1.54, 1.807) is 0 Å². The van der Waals surface area contributed by atoms with Crippen LogP contribution in [0, 0.1) is 0 Å². The number of nitrogens with zero attached hydrogens (tertiary/aromatic N) is 3. The highest BCUT2D eigenvalue weighted by Crippen LogP contribution is 2.16. The Bertz CT molecular complexity index is 360. The maximum Gasteiger partial charge on any atom is 0.239 e. The minimum absolute atomic E-state index is 0. The lowest BCUT2D eigenvalue weighted by Gasteiger charge is -2.40. The predicted molar refractivity (Wildman–Crippen MR) is 96.2 cm³/mol. The molecule has 3 saturated heterocycles. The monoisotopic (exact) mass is 344 g/mol. The Balaban J connectivity index is 0.00000192. The van der Waals surface area contributed by atoms with Crippen molar-refractivity contribution in [2.24, 2.45) is 0 Å². The van der Waals surface area contributed by atoms with Crippen LogP contribution in [0.4, 0.5) is 0 Å². The number of nitrogens with one attached hydrogen (secondary N) is 1. The molecule has 2 unspecified atom stereocenters. The fraction of sp³-hybridized carbons (Fsp3) is 0.941. The molecule has 3 aliphatic rings. The molecular weight excluding hydrogens is 312 g/mol. The topological polar surface area (TPSA) is 38.8 Å². The van der Waals surface area contributed by atoms with Crippen molar-refractivity contribution >= 4 is 18.3 Å². The quantitative estimate of drug-likeness (QED) is 0.834. The zero-order valence-corrected chi connectivity index (χ0v) is 15.3. The van der Waals surface area contributed by atoms with Crippen LogP contribution in [0.15, 0.2) is 0 Å². The molecule has 5 nitrogen and oxygen atoms in total. The summed E-state index contributed by atoms with van der Waals surface area (Å²) in [4.78, 5) is 19.9. The van der Waals surface area contributed by atoms with Gasteiger partial charge >= 0.3 is 0 Å². The minimum Gasteiger partial charge on any atom is -0.341 e. The van der Waals surface area contributed by atoms with E-state index < -0.39 is 0 Å². The van der Waals surface area contributed by atoms with E-state index in [1.807, 2.05) is 0 Å². The lowest BCUT2D eigenvalue weighted by Crippen LogP contribution is -2.56. The van der Waals surface area contributed by atoms with Crippen LogP contribution in [0.3, 0.4) is 0 Å². The summed E-state index contributed by atoms with van der Waals surface area (Å²) in [6.07, 6.45) is 6.21. The number of piperazine rings is 1. The van der Waals surface area contributed by atoms with Crippen LogP contribution < -0.4 is 5.32 Å². The van der Waals surface area contributed by atoms with Crippen LogP contribution in [0.25, 0.3) is 0 Å². The summed E-state index contributed by atoms with van der Waals surface area (Å²) in [6.45, 7) is 10.7. The molecule has 0 saturated carbocycles. The second-order valence-corrected chi connectivity index (χ2v) is 7.13. The van der Waals surface area contributed by atoms with Gasteiger partial charge in [0.15, 0.2) is 0 Å². The fourth-order valence-electron chi connectivity index (χ4n) is 4.15. The van der Waals surface area contributed by atoms with Gasteiger partial charge in [-0.1, -0.05) is 12.8 Å². The molecule has 0 aliphatic carbocycles.